The molecule has 0 aromatic heterocycles. The molecule has 12 heavy (non-hydrogen) atoms. The molecule has 2 N–H and O–H groups in total. The number of nitrogen functional groups attached to an aromatic ring is 1. The van der Waals surface area contributed by atoms with Gasteiger partial charge in [-0.1, -0.05) is 19.9 Å². The summed E-state index contributed by atoms with van der Waals surface area (Å²) < 4.78 is 13.2. The molecule has 1 aromatic rings. The second-order valence-corrected chi connectivity index (χ2v) is 3.09. The van der Waals surface area contributed by atoms with Gasteiger partial charge in [-0.3, -0.25) is 0 Å². The van der Waals surface area contributed by atoms with Crippen molar-refractivity contribution in [2.75, 3.05) is 5.73 Å². The Bertz CT molecular complexity index is 271. The van der Waals surface area contributed by atoms with Gasteiger partial charge in [0.15, 0.2) is 0 Å². The first-order chi connectivity index (χ1) is 5.65. The predicted molar refractivity (Wildman–Crippen MR) is 49.5 cm³/mol. The van der Waals surface area contributed by atoms with Gasteiger partial charge in [0, 0.05) is 5.69 Å². The van der Waals surface area contributed by atoms with E-state index in [-0.39, 0.29) is 11.7 Å². The van der Waals surface area contributed by atoms with E-state index >= 15 is 0 Å². The minimum Gasteiger partial charge on any atom is -0.399 e. The summed E-state index contributed by atoms with van der Waals surface area (Å²) in [6.45, 7) is 4.05. The Morgan fingerprint density at radius 3 is 2.67 bits per heavy atom. The van der Waals surface area contributed by atoms with Crippen molar-refractivity contribution in [2.24, 2.45) is 0 Å². The van der Waals surface area contributed by atoms with Gasteiger partial charge < -0.3 is 5.73 Å². The normalized spacial score (nSPS) is 12.9. The molecule has 2 heteroatoms. The molecule has 0 aliphatic rings. The van der Waals surface area contributed by atoms with Crippen molar-refractivity contribution in [1.29, 1.82) is 0 Å². The van der Waals surface area contributed by atoms with E-state index in [9.17, 15) is 4.39 Å². The van der Waals surface area contributed by atoms with Crippen molar-refractivity contribution >= 4 is 5.69 Å². The molecule has 0 bridgehead atoms. The Kier molecular flexibility index (Phi) is 2.69. The topological polar surface area (TPSA) is 26.0 Å². The average Bonchev–Trinajstić information content (AvgIpc) is 2.03. The standard InChI is InChI=1S/C10H14FN/c1-3-7(2)9-5-4-8(12)6-10(9)11/h4-7H,3,12H2,1-2H3. The molecule has 1 aromatic carbocycles. The molecule has 0 saturated heterocycles. The van der Waals surface area contributed by atoms with Crippen LogP contribution in [0.3, 0.4) is 0 Å². The first-order valence-corrected chi connectivity index (χ1v) is 4.20. The van der Waals surface area contributed by atoms with Crippen LogP contribution in [-0.2, 0) is 0 Å². The third-order valence-corrected chi connectivity index (χ3v) is 2.17. The third-order valence-electron chi connectivity index (χ3n) is 2.17. The van der Waals surface area contributed by atoms with Gasteiger partial charge in [0.25, 0.3) is 0 Å². The summed E-state index contributed by atoms with van der Waals surface area (Å²) in [5.41, 5.74) is 6.67. The van der Waals surface area contributed by atoms with Crippen LogP contribution in [0.2, 0.25) is 0 Å². The van der Waals surface area contributed by atoms with Gasteiger partial charge >= 0.3 is 0 Å². The van der Waals surface area contributed by atoms with Crippen molar-refractivity contribution in [3.8, 4) is 0 Å². The minimum absolute atomic E-state index is 0.190. The monoisotopic (exact) mass is 167 g/mol. The van der Waals surface area contributed by atoms with Crippen molar-refractivity contribution < 1.29 is 4.39 Å². The minimum atomic E-state index is -0.190. The van der Waals surface area contributed by atoms with E-state index in [1.54, 1.807) is 12.1 Å². The molecule has 1 unspecified atom stereocenters. The number of hydrogen-bond acceptors (Lipinski definition) is 1. The number of nitrogens with two attached hydrogens (primary N) is 1. The predicted octanol–water partition coefficient (Wildman–Crippen LogP) is 2.92. The van der Waals surface area contributed by atoms with Gasteiger partial charge in [-0.25, -0.2) is 4.39 Å². The molecule has 0 fully saturated rings. The van der Waals surface area contributed by atoms with E-state index in [4.69, 9.17) is 5.73 Å². The van der Waals surface area contributed by atoms with E-state index in [1.807, 2.05) is 13.8 Å². The first-order valence-electron chi connectivity index (χ1n) is 4.20. The molecule has 1 atom stereocenters. The third kappa shape index (κ3) is 1.76. The van der Waals surface area contributed by atoms with E-state index in [0.717, 1.165) is 12.0 Å². The fraction of sp³-hybridized carbons (Fsp3) is 0.400. The molecule has 66 valence electrons. The van der Waals surface area contributed by atoms with Gasteiger partial charge in [0.2, 0.25) is 0 Å². The maximum atomic E-state index is 13.2. The van der Waals surface area contributed by atoms with Gasteiger partial charge in [-0.2, -0.15) is 0 Å². The molecular formula is C10H14FN. The van der Waals surface area contributed by atoms with Crippen LogP contribution in [-0.4, -0.2) is 0 Å². The lowest BCUT2D eigenvalue weighted by Gasteiger charge is -2.09. The Morgan fingerprint density at radius 2 is 2.17 bits per heavy atom. The average molecular weight is 167 g/mol. The molecular weight excluding hydrogens is 153 g/mol. The number of rotatable bonds is 2. The van der Waals surface area contributed by atoms with Gasteiger partial charge in [-0.15, -0.1) is 0 Å². The van der Waals surface area contributed by atoms with Crippen LogP contribution in [0.5, 0.6) is 0 Å². The van der Waals surface area contributed by atoms with Crippen LogP contribution in [0.1, 0.15) is 31.7 Å². The van der Waals surface area contributed by atoms with Crippen molar-refractivity contribution in [2.45, 2.75) is 26.2 Å². The van der Waals surface area contributed by atoms with Crippen LogP contribution in [0.25, 0.3) is 0 Å². The molecule has 0 radical (unpaired) electrons. The SMILES string of the molecule is CCC(C)c1ccc(N)cc1F. The Labute approximate surface area is 72.4 Å². The highest BCUT2D eigenvalue weighted by Gasteiger charge is 2.08. The molecule has 1 nitrogen and oxygen atoms in total. The van der Waals surface area contributed by atoms with Crippen molar-refractivity contribution in [3.63, 3.8) is 0 Å². The number of anilines is 1. The van der Waals surface area contributed by atoms with E-state index in [2.05, 4.69) is 0 Å². The summed E-state index contributed by atoms with van der Waals surface area (Å²) in [6, 6.07) is 4.88. The lowest BCUT2D eigenvalue weighted by molar-refractivity contribution is 0.584. The lowest BCUT2D eigenvalue weighted by atomic mass is 9.98. The maximum Gasteiger partial charge on any atom is 0.128 e. The zero-order valence-electron chi connectivity index (χ0n) is 7.47. The first kappa shape index (κ1) is 9.04. The summed E-state index contributed by atoms with van der Waals surface area (Å²) in [6.07, 6.45) is 0.945. The van der Waals surface area contributed by atoms with Gasteiger partial charge in [-0.05, 0) is 30.0 Å². The lowest BCUT2D eigenvalue weighted by Crippen LogP contribution is -1.97. The fourth-order valence-corrected chi connectivity index (χ4v) is 1.16. The zero-order valence-corrected chi connectivity index (χ0v) is 7.47. The summed E-state index contributed by atoms with van der Waals surface area (Å²) in [7, 11) is 0. The highest BCUT2D eigenvalue weighted by molar-refractivity contribution is 5.41. The maximum absolute atomic E-state index is 13.2. The summed E-state index contributed by atoms with van der Waals surface area (Å²) in [5, 5.41) is 0. The Hall–Kier alpha value is -1.05. The summed E-state index contributed by atoms with van der Waals surface area (Å²) in [4.78, 5) is 0. The Morgan fingerprint density at radius 1 is 1.50 bits per heavy atom. The molecule has 0 aliphatic carbocycles. The molecule has 0 heterocycles. The second kappa shape index (κ2) is 3.57. The van der Waals surface area contributed by atoms with Gasteiger partial charge in [0.05, 0.1) is 0 Å². The van der Waals surface area contributed by atoms with Crippen LogP contribution in [0.15, 0.2) is 18.2 Å². The van der Waals surface area contributed by atoms with Crippen LogP contribution in [0, 0.1) is 5.82 Å². The number of halogens is 1. The second-order valence-electron chi connectivity index (χ2n) is 3.09. The highest BCUT2D eigenvalue weighted by atomic mass is 19.1. The smallest absolute Gasteiger partial charge is 0.128 e. The summed E-state index contributed by atoms with van der Waals surface area (Å²) >= 11 is 0. The van der Waals surface area contributed by atoms with Crippen molar-refractivity contribution in [3.05, 3.63) is 29.6 Å². The van der Waals surface area contributed by atoms with E-state index in [1.165, 1.54) is 6.07 Å². The van der Waals surface area contributed by atoms with Crippen LogP contribution in [0.4, 0.5) is 10.1 Å². The van der Waals surface area contributed by atoms with Gasteiger partial charge in [0.1, 0.15) is 5.82 Å². The molecule has 0 amide bonds. The Balaban J connectivity index is 3.01. The molecule has 0 aliphatic heterocycles. The molecule has 0 saturated carbocycles. The highest BCUT2D eigenvalue weighted by Crippen LogP contribution is 2.22. The molecule has 0 spiro atoms. The summed E-state index contributed by atoms with van der Waals surface area (Å²) in [5.74, 6) is 0.0787. The quantitative estimate of drug-likeness (QED) is 0.673. The largest absolute Gasteiger partial charge is 0.399 e. The van der Waals surface area contributed by atoms with Crippen LogP contribution < -0.4 is 5.73 Å². The number of hydrogen-bond donors (Lipinski definition) is 1. The van der Waals surface area contributed by atoms with E-state index in [0.29, 0.717) is 5.69 Å². The van der Waals surface area contributed by atoms with Crippen molar-refractivity contribution in [1.82, 2.24) is 0 Å². The molecule has 1 rings (SSSR count). The zero-order chi connectivity index (χ0) is 9.14. The number of benzene rings is 1. The van der Waals surface area contributed by atoms with Crippen LogP contribution >= 0.6 is 0 Å². The fourth-order valence-electron chi connectivity index (χ4n) is 1.16. The van der Waals surface area contributed by atoms with E-state index < -0.39 is 0 Å².